The van der Waals surface area contributed by atoms with Crippen molar-refractivity contribution >= 4 is 21.4 Å². The SMILES string of the molecule is COc1ccc(CN(C)c2ccc(S(=O)(=O)N3CCN(C)CC3)cc2[N+](=O)[O-])cc1F. The molecule has 2 aromatic carbocycles. The van der Waals surface area contributed by atoms with Crippen molar-refractivity contribution in [3.63, 3.8) is 0 Å². The summed E-state index contributed by atoms with van der Waals surface area (Å²) in [5.41, 5.74) is 0.495. The van der Waals surface area contributed by atoms with Crippen LogP contribution in [0.5, 0.6) is 5.75 Å². The van der Waals surface area contributed by atoms with Gasteiger partial charge in [-0.3, -0.25) is 10.1 Å². The molecule has 0 aromatic heterocycles. The van der Waals surface area contributed by atoms with Gasteiger partial charge in [0.15, 0.2) is 11.6 Å². The van der Waals surface area contributed by atoms with Gasteiger partial charge in [-0.15, -0.1) is 0 Å². The molecule has 0 saturated carbocycles. The van der Waals surface area contributed by atoms with Gasteiger partial charge in [0, 0.05) is 45.8 Å². The molecule has 3 rings (SSSR count). The Morgan fingerprint density at radius 3 is 2.42 bits per heavy atom. The summed E-state index contributed by atoms with van der Waals surface area (Å²) in [7, 11) is 1.07. The summed E-state index contributed by atoms with van der Waals surface area (Å²) in [6, 6.07) is 8.33. The van der Waals surface area contributed by atoms with E-state index in [-0.39, 0.29) is 28.6 Å². The van der Waals surface area contributed by atoms with Gasteiger partial charge < -0.3 is 14.5 Å². The maximum atomic E-state index is 14.0. The molecule has 0 atom stereocenters. The number of sulfonamides is 1. The second kappa shape index (κ2) is 9.16. The molecule has 9 nitrogen and oxygen atoms in total. The number of nitrogens with zero attached hydrogens (tertiary/aromatic N) is 4. The van der Waals surface area contributed by atoms with E-state index in [0.29, 0.717) is 31.7 Å². The molecule has 1 aliphatic heterocycles. The number of rotatable bonds is 7. The van der Waals surface area contributed by atoms with Crippen molar-refractivity contribution in [2.75, 3.05) is 52.3 Å². The molecule has 0 spiro atoms. The maximum absolute atomic E-state index is 14.0. The van der Waals surface area contributed by atoms with Gasteiger partial charge >= 0.3 is 0 Å². The molecule has 1 fully saturated rings. The van der Waals surface area contributed by atoms with Crippen molar-refractivity contribution < 1.29 is 22.5 Å². The van der Waals surface area contributed by atoms with Crippen LogP contribution in [0.15, 0.2) is 41.3 Å². The lowest BCUT2D eigenvalue weighted by molar-refractivity contribution is -0.384. The number of piperazine rings is 1. The molecule has 1 saturated heterocycles. The van der Waals surface area contributed by atoms with Crippen molar-refractivity contribution in [1.82, 2.24) is 9.21 Å². The van der Waals surface area contributed by atoms with Crippen LogP contribution in [0.2, 0.25) is 0 Å². The van der Waals surface area contributed by atoms with Gasteiger partial charge in [-0.1, -0.05) is 6.07 Å². The molecule has 1 aliphatic rings. The van der Waals surface area contributed by atoms with Crippen LogP contribution >= 0.6 is 0 Å². The first-order valence-corrected chi connectivity index (χ1v) is 11.1. The van der Waals surface area contributed by atoms with Crippen LogP contribution in [0.4, 0.5) is 15.8 Å². The van der Waals surface area contributed by atoms with Gasteiger partial charge in [-0.2, -0.15) is 4.31 Å². The minimum atomic E-state index is -3.84. The van der Waals surface area contributed by atoms with Crippen LogP contribution in [0.3, 0.4) is 0 Å². The van der Waals surface area contributed by atoms with Gasteiger partial charge in [0.05, 0.1) is 16.9 Å². The number of hydrogen-bond donors (Lipinski definition) is 0. The van der Waals surface area contributed by atoms with E-state index in [0.717, 1.165) is 6.07 Å². The minimum Gasteiger partial charge on any atom is -0.494 e. The van der Waals surface area contributed by atoms with Crippen LogP contribution in [0.1, 0.15) is 5.56 Å². The van der Waals surface area contributed by atoms with E-state index in [4.69, 9.17) is 4.74 Å². The Balaban J connectivity index is 1.88. The summed E-state index contributed by atoms with van der Waals surface area (Å²) in [4.78, 5) is 14.6. The standard InChI is InChI=1S/C20H25FN4O5S/c1-22-8-10-24(11-9-22)31(28,29)16-5-6-18(19(13-16)25(26)27)23(2)14-15-4-7-20(30-3)17(21)12-15/h4-7,12-13H,8-11,14H2,1-3H3. The van der Waals surface area contributed by atoms with E-state index in [1.54, 1.807) is 18.0 Å². The highest BCUT2D eigenvalue weighted by molar-refractivity contribution is 7.89. The molecule has 0 amide bonds. The van der Waals surface area contributed by atoms with Gasteiger partial charge in [0.2, 0.25) is 10.0 Å². The lowest BCUT2D eigenvalue weighted by atomic mass is 10.1. The number of methoxy groups -OCH3 is 1. The molecule has 0 radical (unpaired) electrons. The third kappa shape index (κ3) is 4.94. The highest BCUT2D eigenvalue weighted by Crippen LogP contribution is 2.32. The number of hydrogen-bond acceptors (Lipinski definition) is 7. The minimum absolute atomic E-state index is 0.107. The highest BCUT2D eigenvalue weighted by Gasteiger charge is 2.30. The molecule has 1 heterocycles. The second-order valence-corrected chi connectivity index (χ2v) is 9.38. The zero-order chi connectivity index (χ0) is 22.8. The van der Waals surface area contributed by atoms with E-state index in [2.05, 4.69) is 0 Å². The van der Waals surface area contributed by atoms with Crippen molar-refractivity contribution in [3.05, 3.63) is 57.9 Å². The Hall–Kier alpha value is -2.76. The Morgan fingerprint density at radius 1 is 1.16 bits per heavy atom. The number of benzene rings is 2. The van der Waals surface area contributed by atoms with E-state index in [9.17, 15) is 22.9 Å². The number of halogens is 1. The van der Waals surface area contributed by atoms with Crippen molar-refractivity contribution in [3.8, 4) is 5.75 Å². The Morgan fingerprint density at radius 2 is 1.84 bits per heavy atom. The highest BCUT2D eigenvalue weighted by atomic mass is 32.2. The zero-order valence-corrected chi connectivity index (χ0v) is 18.4. The van der Waals surface area contributed by atoms with Crippen LogP contribution in [-0.4, -0.2) is 69.9 Å². The molecule has 168 valence electrons. The van der Waals surface area contributed by atoms with E-state index < -0.39 is 20.8 Å². The largest absolute Gasteiger partial charge is 0.494 e. The molecule has 0 aliphatic carbocycles. The number of likely N-dealkylation sites (N-methyl/N-ethyl adjacent to an activating group) is 1. The first-order valence-electron chi connectivity index (χ1n) is 9.64. The van der Waals surface area contributed by atoms with Gasteiger partial charge in [0.1, 0.15) is 5.69 Å². The first-order chi connectivity index (χ1) is 14.6. The zero-order valence-electron chi connectivity index (χ0n) is 17.6. The summed E-state index contributed by atoms with van der Waals surface area (Å²) in [5.74, 6) is -0.424. The van der Waals surface area contributed by atoms with Gasteiger partial charge in [-0.25, -0.2) is 12.8 Å². The molecule has 0 unspecified atom stereocenters. The summed E-state index contributed by atoms with van der Waals surface area (Å²) in [5, 5.41) is 11.7. The van der Waals surface area contributed by atoms with Gasteiger partial charge in [0.25, 0.3) is 5.69 Å². The third-order valence-electron chi connectivity index (χ3n) is 5.29. The summed E-state index contributed by atoms with van der Waals surface area (Å²) >= 11 is 0. The molecule has 0 N–H and O–H groups in total. The van der Waals surface area contributed by atoms with Crippen LogP contribution in [0, 0.1) is 15.9 Å². The molecule has 31 heavy (non-hydrogen) atoms. The van der Waals surface area contributed by atoms with Gasteiger partial charge in [-0.05, 0) is 36.9 Å². The maximum Gasteiger partial charge on any atom is 0.293 e. The predicted octanol–water partition coefficient (Wildman–Crippen LogP) is 2.32. The van der Waals surface area contributed by atoms with Crippen molar-refractivity contribution in [2.45, 2.75) is 11.4 Å². The van der Waals surface area contributed by atoms with Crippen LogP contribution in [0.25, 0.3) is 0 Å². The van der Waals surface area contributed by atoms with Crippen LogP contribution in [-0.2, 0) is 16.6 Å². The summed E-state index contributed by atoms with van der Waals surface area (Å²) in [6.07, 6.45) is 0. The van der Waals surface area contributed by atoms with Crippen molar-refractivity contribution in [1.29, 1.82) is 0 Å². The Kier molecular flexibility index (Phi) is 6.77. The summed E-state index contributed by atoms with van der Waals surface area (Å²) in [6.45, 7) is 2.04. The number of anilines is 1. The lowest BCUT2D eigenvalue weighted by Crippen LogP contribution is -2.47. The second-order valence-electron chi connectivity index (χ2n) is 7.44. The number of ether oxygens (including phenoxy) is 1. The van der Waals surface area contributed by atoms with E-state index in [1.165, 1.54) is 35.7 Å². The fourth-order valence-corrected chi connectivity index (χ4v) is 4.92. The smallest absolute Gasteiger partial charge is 0.293 e. The molecule has 0 bridgehead atoms. The fourth-order valence-electron chi connectivity index (χ4n) is 3.48. The van der Waals surface area contributed by atoms with E-state index >= 15 is 0 Å². The average Bonchev–Trinajstić information content (AvgIpc) is 2.73. The quantitative estimate of drug-likeness (QED) is 0.470. The van der Waals surface area contributed by atoms with Crippen molar-refractivity contribution in [2.24, 2.45) is 0 Å². The Labute approximate surface area is 180 Å². The lowest BCUT2D eigenvalue weighted by Gasteiger charge is -2.31. The third-order valence-corrected chi connectivity index (χ3v) is 7.19. The number of nitro benzene ring substituents is 1. The number of nitro groups is 1. The fraction of sp³-hybridized carbons (Fsp3) is 0.400. The average molecular weight is 453 g/mol. The topological polar surface area (TPSA) is 96.2 Å². The van der Waals surface area contributed by atoms with Crippen LogP contribution < -0.4 is 9.64 Å². The Bertz CT molecular complexity index is 1070. The monoisotopic (exact) mass is 452 g/mol. The normalized spacial score (nSPS) is 15.6. The molecule has 2 aromatic rings. The molecule has 11 heteroatoms. The predicted molar refractivity (Wildman–Crippen MR) is 114 cm³/mol. The summed E-state index contributed by atoms with van der Waals surface area (Å²) < 4.78 is 46.1. The molecular formula is C20H25FN4O5S. The molecular weight excluding hydrogens is 427 g/mol. The van der Waals surface area contributed by atoms with E-state index in [1.807, 2.05) is 11.9 Å². The first kappa shape index (κ1) is 22.9.